The molecule has 2 N–H and O–H groups in total. The standard InChI is InChI=1S/C39H55N7O2SSi/c1-8-45-37(24-30(3)42-45)39(47)41-35-26-31(13-12-29(35)2)25-32-14-15-33-34(43-46(36(33)27-32)28-48-21-23-50(5,6)7)16-17-38-40-18-20-44(38)19-10-9-11-22-49-4/h12-18,20,24,26-27,38,40H,8-11,19,21-23,25,28H2,1-7H3,(H,41,47)/b17-16+. The Morgan fingerprint density at radius 3 is 2.62 bits per heavy atom. The number of amides is 1. The number of ether oxygens (including phenoxy) is 1. The molecule has 1 unspecified atom stereocenters. The van der Waals surface area contributed by atoms with Crippen LogP contribution in [0, 0.1) is 13.8 Å². The van der Waals surface area contributed by atoms with Crippen LogP contribution in [0.1, 0.15) is 64.8 Å². The fourth-order valence-electron chi connectivity index (χ4n) is 6.12. The molecule has 0 saturated carbocycles. The highest BCUT2D eigenvalue weighted by molar-refractivity contribution is 7.98. The van der Waals surface area contributed by atoms with Crippen LogP contribution in [0.3, 0.4) is 0 Å². The van der Waals surface area contributed by atoms with Gasteiger partial charge in [-0.05, 0) is 105 Å². The number of nitrogens with one attached hydrogen (secondary N) is 2. The summed E-state index contributed by atoms with van der Waals surface area (Å²) >= 11 is 1.92. The van der Waals surface area contributed by atoms with E-state index >= 15 is 0 Å². The van der Waals surface area contributed by atoms with E-state index in [2.05, 4.69) is 101 Å². The SMILES string of the molecule is CCn1nc(C)cc1C(=O)Nc1cc(Cc2ccc3c(/C=C/C4NC=CN4CCCCCSC)nn(COCC[Si](C)(C)C)c3c2)ccc1C. The molecular weight excluding hydrogens is 659 g/mol. The van der Waals surface area contributed by atoms with Gasteiger partial charge in [0.2, 0.25) is 0 Å². The summed E-state index contributed by atoms with van der Waals surface area (Å²) < 4.78 is 9.94. The minimum absolute atomic E-state index is 0.116. The van der Waals surface area contributed by atoms with Gasteiger partial charge in [-0.3, -0.25) is 9.48 Å². The van der Waals surface area contributed by atoms with Crippen molar-refractivity contribution < 1.29 is 9.53 Å². The van der Waals surface area contributed by atoms with Crippen LogP contribution in [-0.4, -0.2) is 69.8 Å². The molecule has 5 rings (SSSR count). The van der Waals surface area contributed by atoms with Gasteiger partial charge in [-0.1, -0.05) is 50.3 Å². The van der Waals surface area contributed by atoms with Crippen molar-refractivity contribution in [2.45, 2.75) is 91.6 Å². The van der Waals surface area contributed by atoms with E-state index in [4.69, 9.17) is 9.84 Å². The minimum Gasteiger partial charge on any atom is -0.367 e. The predicted molar refractivity (Wildman–Crippen MR) is 212 cm³/mol. The number of thioether (sulfide) groups is 1. The van der Waals surface area contributed by atoms with Crippen molar-refractivity contribution >= 4 is 48.4 Å². The van der Waals surface area contributed by atoms with Crippen molar-refractivity contribution in [3.63, 3.8) is 0 Å². The molecule has 2 aromatic carbocycles. The van der Waals surface area contributed by atoms with Crippen molar-refractivity contribution in [1.29, 1.82) is 0 Å². The van der Waals surface area contributed by atoms with Crippen molar-refractivity contribution in [2.24, 2.45) is 0 Å². The molecule has 1 aliphatic rings. The normalized spacial score (nSPS) is 14.7. The molecule has 0 radical (unpaired) electrons. The number of carbonyl (C=O) groups is 1. The molecule has 0 aliphatic carbocycles. The second-order valence-electron chi connectivity index (χ2n) is 14.4. The van der Waals surface area contributed by atoms with Crippen LogP contribution < -0.4 is 10.6 Å². The van der Waals surface area contributed by atoms with Crippen molar-refractivity contribution in [2.75, 3.05) is 30.5 Å². The monoisotopic (exact) mass is 713 g/mol. The summed E-state index contributed by atoms with van der Waals surface area (Å²) in [6, 6.07) is 15.9. The summed E-state index contributed by atoms with van der Waals surface area (Å²) in [6.07, 6.45) is 15.3. The second kappa shape index (κ2) is 17.4. The Kier molecular flexibility index (Phi) is 13.0. The third-order valence-electron chi connectivity index (χ3n) is 9.04. The average Bonchev–Trinajstić information content (AvgIpc) is 3.79. The van der Waals surface area contributed by atoms with Crippen LogP contribution in [-0.2, 0) is 24.4 Å². The lowest BCUT2D eigenvalue weighted by Gasteiger charge is -2.22. The molecule has 0 spiro atoms. The Bertz CT molecular complexity index is 1810. The number of benzene rings is 2. The van der Waals surface area contributed by atoms with Crippen LogP contribution in [0.25, 0.3) is 17.0 Å². The number of aryl methyl sites for hydroxylation is 3. The Morgan fingerprint density at radius 2 is 1.84 bits per heavy atom. The number of carbonyl (C=O) groups excluding carboxylic acids is 1. The maximum atomic E-state index is 13.2. The molecule has 1 amide bonds. The molecule has 0 bridgehead atoms. The smallest absolute Gasteiger partial charge is 0.273 e. The molecule has 0 fully saturated rings. The third-order valence-corrected chi connectivity index (χ3v) is 11.4. The first kappa shape index (κ1) is 37.5. The van der Waals surface area contributed by atoms with E-state index in [1.165, 1.54) is 30.6 Å². The first-order valence-electron chi connectivity index (χ1n) is 17.9. The van der Waals surface area contributed by atoms with E-state index in [9.17, 15) is 4.79 Å². The van der Waals surface area contributed by atoms with E-state index in [-0.39, 0.29) is 12.1 Å². The molecule has 268 valence electrons. The van der Waals surface area contributed by atoms with Crippen LogP contribution in [0.2, 0.25) is 25.7 Å². The highest BCUT2D eigenvalue weighted by Crippen LogP contribution is 2.26. The molecule has 11 heteroatoms. The zero-order valence-electron chi connectivity index (χ0n) is 31.0. The van der Waals surface area contributed by atoms with Gasteiger partial charge < -0.3 is 20.3 Å². The molecule has 4 aromatic rings. The zero-order valence-corrected chi connectivity index (χ0v) is 32.8. The van der Waals surface area contributed by atoms with E-state index in [1.54, 1.807) is 4.68 Å². The number of hydrogen-bond acceptors (Lipinski definition) is 7. The molecule has 50 heavy (non-hydrogen) atoms. The molecule has 1 atom stereocenters. The number of rotatable bonds is 18. The zero-order chi connectivity index (χ0) is 35.7. The summed E-state index contributed by atoms with van der Waals surface area (Å²) in [5.74, 6) is 1.08. The highest BCUT2D eigenvalue weighted by Gasteiger charge is 2.18. The molecule has 2 aromatic heterocycles. The first-order valence-corrected chi connectivity index (χ1v) is 23.0. The summed E-state index contributed by atoms with van der Waals surface area (Å²) in [7, 11) is -1.20. The maximum Gasteiger partial charge on any atom is 0.273 e. The number of hydrogen-bond donors (Lipinski definition) is 2. The molecule has 0 saturated heterocycles. The van der Waals surface area contributed by atoms with Gasteiger partial charge in [-0.2, -0.15) is 22.0 Å². The Morgan fingerprint density at radius 1 is 1.04 bits per heavy atom. The Balaban J connectivity index is 1.34. The minimum atomic E-state index is -1.20. The topological polar surface area (TPSA) is 89.2 Å². The fourth-order valence-corrected chi connectivity index (χ4v) is 7.37. The number of anilines is 1. The Hall–Kier alpha value is -3.80. The average molecular weight is 714 g/mol. The number of unbranched alkanes of at least 4 members (excludes halogenated alkanes) is 2. The van der Waals surface area contributed by atoms with Gasteiger partial charge in [0.15, 0.2) is 0 Å². The van der Waals surface area contributed by atoms with Gasteiger partial charge in [-0.15, -0.1) is 0 Å². The predicted octanol–water partition coefficient (Wildman–Crippen LogP) is 8.27. The summed E-state index contributed by atoms with van der Waals surface area (Å²) in [5.41, 5.74) is 7.52. The third kappa shape index (κ3) is 10.1. The van der Waals surface area contributed by atoms with Gasteiger partial charge >= 0.3 is 0 Å². The number of fused-ring (bicyclic) bond motifs is 1. The quantitative estimate of drug-likeness (QED) is 0.0793. The van der Waals surface area contributed by atoms with E-state index < -0.39 is 8.07 Å². The molecular formula is C39H55N7O2SSi. The van der Waals surface area contributed by atoms with E-state index in [0.29, 0.717) is 19.0 Å². The summed E-state index contributed by atoms with van der Waals surface area (Å²) in [6.45, 7) is 15.9. The number of aromatic nitrogens is 4. The molecule has 3 heterocycles. The van der Waals surface area contributed by atoms with Gasteiger partial charge in [0.25, 0.3) is 5.91 Å². The van der Waals surface area contributed by atoms with E-state index in [0.717, 1.165) is 64.7 Å². The van der Waals surface area contributed by atoms with Crippen LogP contribution >= 0.6 is 11.8 Å². The van der Waals surface area contributed by atoms with Crippen molar-refractivity contribution in [1.82, 2.24) is 29.8 Å². The van der Waals surface area contributed by atoms with Gasteiger partial charge in [0.1, 0.15) is 18.6 Å². The lowest BCUT2D eigenvalue weighted by molar-refractivity contribution is 0.0816. The fraction of sp³-hybridized carbons (Fsp3) is 0.462. The summed E-state index contributed by atoms with van der Waals surface area (Å²) in [5, 5.41) is 17.2. The number of nitrogens with zero attached hydrogens (tertiary/aromatic N) is 5. The maximum absolute atomic E-state index is 13.2. The van der Waals surface area contributed by atoms with Crippen molar-refractivity contribution in [3.8, 4) is 0 Å². The van der Waals surface area contributed by atoms with Crippen LogP contribution in [0.15, 0.2) is 60.9 Å². The van der Waals surface area contributed by atoms with Gasteiger partial charge in [-0.25, -0.2) is 4.68 Å². The first-order chi connectivity index (χ1) is 24.0. The van der Waals surface area contributed by atoms with Crippen molar-refractivity contribution in [3.05, 3.63) is 94.7 Å². The highest BCUT2D eigenvalue weighted by atomic mass is 32.2. The Labute approximate surface area is 303 Å². The van der Waals surface area contributed by atoms with Crippen LogP contribution in [0.5, 0.6) is 0 Å². The lowest BCUT2D eigenvalue weighted by atomic mass is 10.0. The van der Waals surface area contributed by atoms with Crippen LogP contribution in [0.4, 0.5) is 5.69 Å². The summed E-state index contributed by atoms with van der Waals surface area (Å²) in [4.78, 5) is 15.6. The van der Waals surface area contributed by atoms with Gasteiger partial charge in [0.05, 0.1) is 16.9 Å². The van der Waals surface area contributed by atoms with E-state index in [1.807, 2.05) is 49.5 Å². The second-order valence-corrected chi connectivity index (χ2v) is 21.0. The molecule has 1 aliphatic heterocycles. The molecule has 9 nitrogen and oxygen atoms in total. The lowest BCUT2D eigenvalue weighted by Crippen LogP contribution is -2.33. The van der Waals surface area contributed by atoms with Gasteiger partial charge in [0, 0.05) is 51.2 Å². The largest absolute Gasteiger partial charge is 0.367 e.